The van der Waals surface area contributed by atoms with Crippen LogP contribution in [0.1, 0.15) is 6.23 Å². The van der Waals surface area contributed by atoms with Crippen LogP contribution in [-0.4, -0.2) is 57.3 Å². The van der Waals surface area contributed by atoms with Crippen LogP contribution in [0.25, 0.3) is 11.2 Å². The largest absolute Gasteiger partial charge is 0.387 e. The number of rotatable bonds is 2. The van der Waals surface area contributed by atoms with E-state index < -0.39 is 28.7 Å². The zero-order valence-corrected chi connectivity index (χ0v) is 12.2. The molecule has 5 atom stereocenters. The van der Waals surface area contributed by atoms with E-state index in [9.17, 15) is 15.3 Å². The number of anilines is 1. The summed E-state index contributed by atoms with van der Waals surface area (Å²) in [6, 6.07) is 0. The van der Waals surface area contributed by atoms with Crippen LogP contribution in [-0.2, 0) is 4.74 Å². The van der Waals surface area contributed by atoms with Crippen molar-refractivity contribution in [3.8, 4) is 0 Å². The van der Waals surface area contributed by atoms with Gasteiger partial charge in [-0.1, -0.05) is 0 Å². The molecule has 3 heterocycles. The molecule has 1 aliphatic rings. The molecule has 2 aromatic heterocycles. The molecule has 2 aromatic rings. The second-order valence-electron chi connectivity index (χ2n) is 4.43. The number of imidazole rings is 1. The molecule has 3 rings (SSSR count). The number of ether oxygens (including phenoxy) is 1. The number of halogens is 1. The Hall–Kier alpha value is -1.08. The fourth-order valence-electron chi connectivity index (χ4n) is 2.20. The van der Waals surface area contributed by atoms with E-state index in [0.29, 0.717) is 11.2 Å². The standard InChI is InChI=1S/C10H12IN5O4/c11-7(19)6-4(17)5(18)10(20-6)16-2-15-3-8(12)13-1-14-9(3)16/h1-2,4-7,10,17-19H,(H2,12,13,14)/t4-,5+,6-,7?,10+/m0/s1. The predicted octanol–water partition coefficient (Wildman–Crippen LogP) is -1.22. The first-order valence-corrected chi connectivity index (χ1v) is 7.02. The number of fused-ring (bicyclic) bond motifs is 1. The summed E-state index contributed by atoms with van der Waals surface area (Å²) in [6.45, 7) is 0. The van der Waals surface area contributed by atoms with Crippen molar-refractivity contribution in [2.45, 2.75) is 28.7 Å². The Bertz CT molecular complexity index is 635. The van der Waals surface area contributed by atoms with Crippen molar-refractivity contribution in [2.75, 3.05) is 5.73 Å². The second-order valence-corrected chi connectivity index (χ2v) is 5.70. The topological polar surface area (TPSA) is 140 Å². The van der Waals surface area contributed by atoms with Gasteiger partial charge < -0.3 is 25.8 Å². The molecular formula is C10H12IN5O4. The van der Waals surface area contributed by atoms with Gasteiger partial charge in [0.05, 0.1) is 6.33 Å². The first-order chi connectivity index (χ1) is 9.50. The quantitative estimate of drug-likeness (QED) is 0.368. The molecule has 0 spiro atoms. The smallest absolute Gasteiger partial charge is 0.167 e. The highest BCUT2D eigenvalue weighted by Crippen LogP contribution is 2.34. The van der Waals surface area contributed by atoms with E-state index in [0.717, 1.165) is 0 Å². The van der Waals surface area contributed by atoms with Crippen LogP contribution < -0.4 is 5.73 Å². The molecule has 5 N–H and O–H groups in total. The van der Waals surface area contributed by atoms with E-state index in [2.05, 4.69) is 15.0 Å². The average molecular weight is 393 g/mol. The van der Waals surface area contributed by atoms with Crippen LogP contribution in [0.5, 0.6) is 0 Å². The van der Waals surface area contributed by atoms with Crippen LogP contribution in [0.4, 0.5) is 5.82 Å². The lowest BCUT2D eigenvalue weighted by Gasteiger charge is -2.16. The summed E-state index contributed by atoms with van der Waals surface area (Å²) in [4.78, 5) is 11.9. The molecule has 1 saturated heterocycles. The van der Waals surface area contributed by atoms with Gasteiger partial charge >= 0.3 is 0 Å². The van der Waals surface area contributed by atoms with Crippen molar-refractivity contribution in [2.24, 2.45) is 0 Å². The van der Waals surface area contributed by atoms with E-state index in [1.807, 2.05) is 0 Å². The molecule has 108 valence electrons. The highest BCUT2D eigenvalue weighted by Gasteiger charge is 2.46. The number of aliphatic hydroxyl groups is 3. The van der Waals surface area contributed by atoms with Crippen molar-refractivity contribution >= 4 is 39.6 Å². The first kappa shape index (κ1) is 13.9. The van der Waals surface area contributed by atoms with Crippen molar-refractivity contribution in [3.05, 3.63) is 12.7 Å². The van der Waals surface area contributed by atoms with E-state index >= 15 is 0 Å². The highest BCUT2D eigenvalue weighted by molar-refractivity contribution is 14.1. The molecule has 0 aliphatic carbocycles. The van der Waals surface area contributed by atoms with Crippen LogP contribution in [0.3, 0.4) is 0 Å². The van der Waals surface area contributed by atoms with Gasteiger partial charge in [0.25, 0.3) is 0 Å². The monoisotopic (exact) mass is 393 g/mol. The van der Waals surface area contributed by atoms with Crippen LogP contribution in [0.2, 0.25) is 0 Å². The van der Waals surface area contributed by atoms with E-state index in [1.54, 1.807) is 22.6 Å². The van der Waals surface area contributed by atoms with Crippen molar-refractivity contribution in [3.63, 3.8) is 0 Å². The highest BCUT2D eigenvalue weighted by atomic mass is 127. The van der Waals surface area contributed by atoms with Gasteiger partial charge in [0.15, 0.2) is 17.7 Å². The summed E-state index contributed by atoms with van der Waals surface area (Å²) in [5.41, 5.74) is 6.46. The predicted molar refractivity (Wildman–Crippen MR) is 75.7 cm³/mol. The average Bonchev–Trinajstić information content (AvgIpc) is 2.94. The third kappa shape index (κ3) is 2.03. The minimum atomic E-state index is -1.21. The molecule has 1 fully saturated rings. The molecule has 0 radical (unpaired) electrons. The van der Waals surface area contributed by atoms with Crippen LogP contribution in [0, 0.1) is 0 Å². The summed E-state index contributed by atoms with van der Waals surface area (Å²) in [7, 11) is 0. The minimum absolute atomic E-state index is 0.215. The molecule has 0 bridgehead atoms. The zero-order valence-electron chi connectivity index (χ0n) is 10.0. The van der Waals surface area contributed by atoms with Crippen LogP contribution in [0.15, 0.2) is 12.7 Å². The van der Waals surface area contributed by atoms with Gasteiger partial charge in [-0.25, -0.2) is 15.0 Å². The van der Waals surface area contributed by atoms with E-state index in [-0.39, 0.29) is 5.82 Å². The number of alkyl halides is 1. The number of aliphatic hydroxyl groups excluding tert-OH is 3. The van der Waals surface area contributed by atoms with E-state index in [1.165, 1.54) is 17.2 Å². The molecule has 1 aliphatic heterocycles. The third-order valence-corrected chi connectivity index (χ3v) is 3.92. The molecular weight excluding hydrogens is 381 g/mol. The lowest BCUT2D eigenvalue weighted by atomic mass is 10.1. The van der Waals surface area contributed by atoms with Gasteiger partial charge in [0.1, 0.15) is 34.3 Å². The van der Waals surface area contributed by atoms with Gasteiger partial charge in [-0.05, 0) is 22.6 Å². The molecule has 1 unspecified atom stereocenters. The number of nitrogens with zero attached hydrogens (tertiary/aromatic N) is 4. The summed E-state index contributed by atoms with van der Waals surface area (Å²) >= 11 is 1.71. The van der Waals surface area contributed by atoms with E-state index in [4.69, 9.17) is 10.5 Å². The Labute approximate surface area is 126 Å². The lowest BCUT2D eigenvalue weighted by molar-refractivity contribution is -0.0556. The van der Waals surface area contributed by atoms with Gasteiger partial charge in [0, 0.05) is 0 Å². The Morgan fingerprint density at radius 2 is 2.05 bits per heavy atom. The summed E-state index contributed by atoms with van der Waals surface area (Å²) in [5.74, 6) is 0.215. The number of nitrogens with two attached hydrogens (primary N) is 1. The molecule has 0 aromatic carbocycles. The lowest BCUT2D eigenvalue weighted by Crippen LogP contribution is -2.35. The third-order valence-electron chi connectivity index (χ3n) is 3.21. The summed E-state index contributed by atoms with van der Waals surface area (Å²) < 4.78 is 6.02. The first-order valence-electron chi connectivity index (χ1n) is 5.77. The Balaban J connectivity index is 2.02. The van der Waals surface area contributed by atoms with Crippen molar-refractivity contribution in [1.82, 2.24) is 19.5 Å². The molecule has 10 heteroatoms. The Morgan fingerprint density at radius 1 is 1.30 bits per heavy atom. The Kier molecular flexibility index (Phi) is 3.50. The van der Waals surface area contributed by atoms with Crippen LogP contribution >= 0.6 is 22.6 Å². The van der Waals surface area contributed by atoms with Crippen molar-refractivity contribution in [1.29, 1.82) is 0 Å². The minimum Gasteiger partial charge on any atom is -0.387 e. The summed E-state index contributed by atoms with van der Waals surface area (Å²) in [6.07, 6.45) is -1.54. The maximum Gasteiger partial charge on any atom is 0.167 e. The number of hydrogen-bond acceptors (Lipinski definition) is 8. The second kappa shape index (κ2) is 5.04. The number of nitrogen functional groups attached to an aromatic ring is 1. The maximum absolute atomic E-state index is 10.1. The van der Waals surface area contributed by atoms with Gasteiger partial charge in [-0.2, -0.15) is 0 Å². The van der Waals surface area contributed by atoms with Gasteiger partial charge in [-0.3, -0.25) is 4.57 Å². The molecule has 0 amide bonds. The summed E-state index contributed by atoms with van der Waals surface area (Å²) in [5, 5.41) is 29.5. The SMILES string of the molecule is Nc1ncnc2c1ncn2[C@@H]1O[C@H](C(O)I)[C@@H](O)[C@H]1O. The number of aromatic nitrogens is 4. The molecule has 9 nitrogen and oxygen atoms in total. The maximum atomic E-state index is 10.1. The molecule has 0 saturated carbocycles. The fourth-order valence-corrected chi connectivity index (χ4v) is 2.79. The fraction of sp³-hybridized carbons (Fsp3) is 0.500. The molecule has 20 heavy (non-hydrogen) atoms. The number of hydrogen-bond donors (Lipinski definition) is 4. The van der Waals surface area contributed by atoms with Crippen molar-refractivity contribution < 1.29 is 20.1 Å². The zero-order chi connectivity index (χ0) is 14.4. The normalized spacial score (nSPS) is 31.8. The Morgan fingerprint density at radius 3 is 2.70 bits per heavy atom. The van der Waals surface area contributed by atoms with Gasteiger partial charge in [-0.15, -0.1) is 0 Å². The van der Waals surface area contributed by atoms with Gasteiger partial charge in [0.2, 0.25) is 0 Å².